The zero-order valence-electron chi connectivity index (χ0n) is 22.7. The van der Waals surface area contributed by atoms with E-state index < -0.39 is 23.4 Å². The minimum Gasteiger partial charge on any atom is -0.393 e. The van der Waals surface area contributed by atoms with Crippen molar-refractivity contribution in [2.45, 2.75) is 103 Å². The van der Waals surface area contributed by atoms with Gasteiger partial charge in [0.1, 0.15) is 30.4 Å². The van der Waals surface area contributed by atoms with Gasteiger partial charge in [-0.1, -0.05) is 27.2 Å². The summed E-state index contributed by atoms with van der Waals surface area (Å²) >= 11 is 0. The van der Waals surface area contributed by atoms with Crippen LogP contribution in [0, 0.1) is 34.5 Å². The Labute approximate surface area is 215 Å². The third-order valence-corrected chi connectivity index (χ3v) is 10.7. The van der Waals surface area contributed by atoms with E-state index in [1.165, 1.54) is 12.8 Å². The summed E-state index contributed by atoms with van der Waals surface area (Å²) in [4.78, 5) is 25.7. The highest BCUT2D eigenvalue weighted by molar-refractivity contribution is 5.92. The minimum absolute atomic E-state index is 0.0154. The summed E-state index contributed by atoms with van der Waals surface area (Å²) in [5.74, 6) is 0.380. The van der Waals surface area contributed by atoms with Gasteiger partial charge < -0.3 is 15.3 Å². The second kappa shape index (κ2) is 10.3. The van der Waals surface area contributed by atoms with Crippen molar-refractivity contribution >= 4 is 11.6 Å². The number of aliphatic hydroxyl groups is 3. The Morgan fingerprint density at radius 2 is 1.94 bits per heavy atom. The molecule has 1 aromatic heterocycles. The molecule has 8 atom stereocenters. The normalized spacial score (nSPS) is 41.5. The minimum atomic E-state index is -1.58. The summed E-state index contributed by atoms with van der Waals surface area (Å²) in [5, 5.41) is 30.6. The zero-order valence-corrected chi connectivity index (χ0v) is 22.7. The van der Waals surface area contributed by atoms with Crippen molar-refractivity contribution in [1.82, 2.24) is 4.57 Å². The predicted molar refractivity (Wildman–Crippen MR) is 136 cm³/mol. The molecule has 4 fully saturated rings. The molecule has 3 N–H and O–H groups in total. The number of aromatic nitrogens is 2. The monoisotopic (exact) mass is 503 g/mol. The van der Waals surface area contributed by atoms with Gasteiger partial charge >= 0.3 is 0 Å². The maximum absolute atomic E-state index is 13.4. The van der Waals surface area contributed by atoms with Gasteiger partial charge in [-0.05, 0) is 74.5 Å². The van der Waals surface area contributed by atoms with E-state index in [9.17, 15) is 24.9 Å². The molecule has 4 saturated carbocycles. The first-order chi connectivity index (χ1) is 17.0. The second-order valence-corrected chi connectivity index (χ2v) is 12.7. The van der Waals surface area contributed by atoms with Gasteiger partial charge in [0.25, 0.3) is 0 Å². The van der Waals surface area contributed by atoms with Crippen molar-refractivity contribution in [3.8, 4) is 0 Å². The Morgan fingerprint density at radius 1 is 1.19 bits per heavy atom. The van der Waals surface area contributed by atoms with Gasteiger partial charge in [0.2, 0.25) is 6.33 Å². The number of hydrogen-bond donors (Lipinski definition) is 3. The van der Waals surface area contributed by atoms with E-state index in [2.05, 4.69) is 41.7 Å². The lowest BCUT2D eigenvalue weighted by Gasteiger charge is -2.60. The van der Waals surface area contributed by atoms with Gasteiger partial charge in [-0.3, -0.25) is 9.59 Å². The first kappa shape index (κ1) is 27.5. The van der Waals surface area contributed by atoms with Gasteiger partial charge in [0.15, 0.2) is 5.78 Å². The number of nitrogens with zero attached hydrogens (tertiary/aromatic N) is 2. The van der Waals surface area contributed by atoms with Crippen molar-refractivity contribution in [1.29, 1.82) is 0 Å². The number of carbonyl (C=O) groups is 2. The first-order valence-corrected chi connectivity index (χ1v) is 14.1. The maximum atomic E-state index is 13.4. The Hall–Kier alpha value is -1.57. The molecular formula is C29H47N2O5+. The SMILES string of the molecule is CCCCn1cc[n+](C)c1.C[C@]12CC[C@@H](O)C[C@H]1CC[C@@H]1[C@@H]2C(=O)C[C@@]2(C)[C@H]1CC[C@]2(O)C(=O)CO. The summed E-state index contributed by atoms with van der Waals surface area (Å²) < 4.78 is 4.28. The number of imidazole rings is 1. The molecular weight excluding hydrogens is 456 g/mol. The van der Waals surface area contributed by atoms with Crippen molar-refractivity contribution in [3.63, 3.8) is 0 Å². The second-order valence-electron chi connectivity index (χ2n) is 12.7. The van der Waals surface area contributed by atoms with Crippen LogP contribution in [0.3, 0.4) is 0 Å². The van der Waals surface area contributed by atoms with Crippen LogP contribution in [0.25, 0.3) is 0 Å². The number of rotatable bonds is 5. The third-order valence-electron chi connectivity index (χ3n) is 10.7. The van der Waals surface area contributed by atoms with E-state index in [1.807, 2.05) is 14.0 Å². The summed E-state index contributed by atoms with van der Waals surface area (Å²) in [5.41, 5.74) is -2.40. The molecule has 4 aliphatic carbocycles. The number of unbranched alkanes of at least 4 members (excludes halogenated alkanes) is 1. The van der Waals surface area contributed by atoms with Gasteiger partial charge in [0, 0.05) is 17.8 Å². The average Bonchev–Trinajstić information content (AvgIpc) is 3.38. The summed E-state index contributed by atoms with van der Waals surface area (Å²) in [6.45, 7) is 6.83. The molecule has 1 heterocycles. The molecule has 5 rings (SSSR count). The van der Waals surface area contributed by atoms with Gasteiger partial charge in [-0.2, -0.15) is 0 Å². The van der Waals surface area contributed by atoms with Gasteiger partial charge in [-0.15, -0.1) is 0 Å². The Bertz CT molecular complexity index is 961. The largest absolute Gasteiger partial charge is 0.393 e. The molecule has 0 radical (unpaired) electrons. The van der Waals surface area contributed by atoms with Crippen LogP contribution in [-0.2, 0) is 23.2 Å². The highest BCUT2D eigenvalue weighted by Gasteiger charge is 2.68. The molecule has 0 amide bonds. The number of ketones is 2. The molecule has 202 valence electrons. The Balaban J connectivity index is 0.000000256. The zero-order chi connectivity index (χ0) is 26.3. The lowest BCUT2D eigenvalue weighted by molar-refractivity contribution is -0.671. The van der Waals surface area contributed by atoms with E-state index in [-0.39, 0.29) is 41.5 Å². The fourth-order valence-corrected chi connectivity index (χ4v) is 8.62. The quantitative estimate of drug-likeness (QED) is 0.536. The fourth-order valence-electron chi connectivity index (χ4n) is 8.62. The van der Waals surface area contributed by atoms with E-state index in [0.717, 1.165) is 45.1 Å². The number of aryl methyl sites for hydroxylation is 2. The Morgan fingerprint density at radius 3 is 2.58 bits per heavy atom. The molecule has 0 aliphatic heterocycles. The lowest BCUT2D eigenvalue weighted by Crippen LogP contribution is -2.62. The maximum Gasteiger partial charge on any atom is 0.243 e. The number of fused-ring (bicyclic) bond motifs is 5. The highest BCUT2D eigenvalue weighted by atomic mass is 16.3. The standard InChI is InChI=1S/C21H32O5.C8H15N2/c1-19-7-5-13(23)9-12(19)3-4-14-15-6-8-21(26,17(25)11-22)20(15,2)10-16(24)18(14)19;1-3-4-5-10-7-6-9(2)8-10/h12-15,18,22-23,26H,3-11H2,1-2H3;6-8H,3-5H2,1-2H3/q;+1/t12-,13-,14+,15+,18-,19+,20+,21+;/m1./s1. The molecule has 7 nitrogen and oxygen atoms in total. The van der Waals surface area contributed by atoms with Crippen LogP contribution >= 0.6 is 0 Å². The van der Waals surface area contributed by atoms with E-state index in [4.69, 9.17) is 0 Å². The molecule has 7 heteroatoms. The topological polar surface area (TPSA) is 104 Å². The van der Waals surface area contributed by atoms with Crippen LogP contribution in [-0.4, -0.2) is 49.8 Å². The molecule has 1 aromatic rings. The predicted octanol–water partition coefficient (Wildman–Crippen LogP) is 2.97. The molecule has 36 heavy (non-hydrogen) atoms. The lowest BCUT2D eigenvalue weighted by atomic mass is 9.44. The summed E-state index contributed by atoms with van der Waals surface area (Å²) in [7, 11) is 2.04. The van der Waals surface area contributed by atoms with Crippen molar-refractivity contribution < 1.29 is 29.5 Å². The van der Waals surface area contributed by atoms with Crippen LogP contribution in [0.15, 0.2) is 18.7 Å². The molecule has 0 bridgehead atoms. The van der Waals surface area contributed by atoms with Crippen molar-refractivity contribution in [2.75, 3.05) is 6.61 Å². The van der Waals surface area contributed by atoms with Crippen LogP contribution in [0.1, 0.15) is 85.0 Å². The highest BCUT2D eigenvalue weighted by Crippen LogP contribution is 2.67. The number of carbonyl (C=O) groups excluding carboxylic acids is 2. The van der Waals surface area contributed by atoms with Crippen LogP contribution in [0.4, 0.5) is 0 Å². The Kier molecular flexibility index (Phi) is 7.86. The number of hydrogen-bond acceptors (Lipinski definition) is 5. The van der Waals surface area contributed by atoms with Crippen molar-refractivity contribution in [2.24, 2.45) is 41.5 Å². The molecule has 0 saturated heterocycles. The molecule has 0 spiro atoms. The van der Waals surface area contributed by atoms with Crippen LogP contribution < -0.4 is 4.57 Å². The van der Waals surface area contributed by atoms with E-state index >= 15 is 0 Å². The van der Waals surface area contributed by atoms with Crippen LogP contribution in [0.2, 0.25) is 0 Å². The first-order valence-electron chi connectivity index (χ1n) is 14.1. The van der Waals surface area contributed by atoms with E-state index in [0.29, 0.717) is 12.3 Å². The van der Waals surface area contributed by atoms with E-state index in [1.54, 1.807) is 0 Å². The number of Topliss-reactive ketones (excluding diaryl/α,β-unsaturated/α-hetero) is 2. The van der Waals surface area contributed by atoms with Crippen LogP contribution in [0.5, 0.6) is 0 Å². The summed E-state index contributed by atoms with van der Waals surface area (Å²) in [6.07, 6.45) is 14.3. The average molecular weight is 504 g/mol. The van der Waals surface area contributed by atoms with Gasteiger partial charge in [0.05, 0.1) is 19.7 Å². The number of aliphatic hydroxyl groups excluding tert-OH is 2. The third kappa shape index (κ3) is 4.49. The molecule has 0 aromatic carbocycles. The molecule has 0 unspecified atom stereocenters. The summed E-state index contributed by atoms with van der Waals surface area (Å²) in [6, 6.07) is 0. The smallest absolute Gasteiger partial charge is 0.243 e. The van der Waals surface area contributed by atoms with Crippen molar-refractivity contribution in [3.05, 3.63) is 18.7 Å². The van der Waals surface area contributed by atoms with Gasteiger partial charge in [-0.25, -0.2) is 9.13 Å². The fraction of sp³-hybridized carbons (Fsp3) is 0.828. The molecule has 4 aliphatic rings.